The summed E-state index contributed by atoms with van der Waals surface area (Å²) in [6, 6.07) is 12.1. The molecule has 0 saturated carbocycles. The van der Waals surface area contributed by atoms with E-state index in [0.29, 0.717) is 18.8 Å². The fourth-order valence-electron chi connectivity index (χ4n) is 3.51. The van der Waals surface area contributed by atoms with Gasteiger partial charge >= 0.3 is 0 Å². The molecule has 1 aliphatic heterocycles. The van der Waals surface area contributed by atoms with Gasteiger partial charge in [-0.1, -0.05) is 18.2 Å². The standard InChI is InChI=1S/C22H23N3O2/c1-16-5-3-7-19-17(2)15-20(23-22(16)19)24-10-12-25(13-11-24)21(26)9-8-18-6-4-14-27-18/h3-9,14-15H,10-13H2,1-2H3/b9-8+. The Morgan fingerprint density at radius 1 is 1.07 bits per heavy atom. The van der Waals surface area contributed by atoms with Gasteiger partial charge in [0.25, 0.3) is 0 Å². The first kappa shape index (κ1) is 17.3. The van der Waals surface area contributed by atoms with Crippen LogP contribution in [0, 0.1) is 13.8 Å². The van der Waals surface area contributed by atoms with Gasteiger partial charge in [0.15, 0.2) is 0 Å². The van der Waals surface area contributed by atoms with Crippen molar-refractivity contribution in [1.29, 1.82) is 0 Å². The van der Waals surface area contributed by atoms with Crippen LogP contribution in [0.1, 0.15) is 16.9 Å². The summed E-state index contributed by atoms with van der Waals surface area (Å²) in [5.41, 5.74) is 3.49. The zero-order chi connectivity index (χ0) is 18.8. The van der Waals surface area contributed by atoms with Crippen LogP contribution in [0.15, 0.2) is 53.2 Å². The van der Waals surface area contributed by atoms with Gasteiger partial charge in [0.05, 0.1) is 11.8 Å². The van der Waals surface area contributed by atoms with Crippen LogP contribution in [0.4, 0.5) is 5.82 Å². The summed E-state index contributed by atoms with van der Waals surface area (Å²) in [6.07, 6.45) is 4.89. The fourth-order valence-corrected chi connectivity index (χ4v) is 3.51. The third kappa shape index (κ3) is 3.58. The predicted molar refractivity (Wildman–Crippen MR) is 108 cm³/mol. The average molecular weight is 361 g/mol. The van der Waals surface area contributed by atoms with Gasteiger partial charge < -0.3 is 14.2 Å². The molecule has 2 aromatic heterocycles. The van der Waals surface area contributed by atoms with Crippen molar-refractivity contribution >= 4 is 28.7 Å². The molecule has 5 heteroatoms. The molecule has 5 nitrogen and oxygen atoms in total. The van der Waals surface area contributed by atoms with Gasteiger partial charge in [0.2, 0.25) is 5.91 Å². The van der Waals surface area contributed by atoms with E-state index in [0.717, 1.165) is 24.4 Å². The molecule has 1 amide bonds. The second-order valence-corrected chi connectivity index (χ2v) is 6.93. The molecule has 3 aromatic rings. The Kier molecular flexibility index (Phi) is 4.67. The van der Waals surface area contributed by atoms with Crippen molar-refractivity contribution in [3.05, 3.63) is 65.6 Å². The Bertz CT molecular complexity index is 984. The highest BCUT2D eigenvalue weighted by molar-refractivity contribution is 5.91. The van der Waals surface area contributed by atoms with Crippen LogP contribution in [0.3, 0.4) is 0 Å². The van der Waals surface area contributed by atoms with Gasteiger partial charge in [0.1, 0.15) is 11.6 Å². The van der Waals surface area contributed by atoms with Gasteiger partial charge in [-0.05, 0) is 49.2 Å². The van der Waals surface area contributed by atoms with Crippen LogP contribution in [0.25, 0.3) is 17.0 Å². The van der Waals surface area contributed by atoms with Gasteiger partial charge in [-0.15, -0.1) is 0 Å². The molecule has 0 atom stereocenters. The smallest absolute Gasteiger partial charge is 0.246 e. The lowest BCUT2D eigenvalue weighted by Gasteiger charge is -2.35. The molecule has 138 valence electrons. The van der Waals surface area contributed by atoms with E-state index in [9.17, 15) is 4.79 Å². The molecule has 0 spiro atoms. The number of furan rings is 1. The van der Waals surface area contributed by atoms with Crippen molar-refractivity contribution in [2.45, 2.75) is 13.8 Å². The zero-order valence-electron chi connectivity index (χ0n) is 15.7. The van der Waals surface area contributed by atoms with E-state index in [2.05, 4.69) is 43.0 Å². The maximum absolute atomic E-state index is 12.4. The van der Waals surface area contributed by atoms with Crippen molar-refractivity contribution in [1.82, 2.24) is 9.88 Å². The molecule has 3 heterocycles. The summed E-state index contributed by atoms with van der Waals surface area (Å²) in [6.45, 7) is 7.17. The number of carbonyl (C=O) groups excluding carboxylic acids is 1. The predicted octanol–water partition coefficient (Wildman–Crippen LogP) is 3.81. The number of pyridine rings is 1. The SMILES string of the molecule is Cc1cc(N2CCN(C(=O)/C=C/c3ccco3)CC2)nc2c(C)cccc12. The first-order chi connectivity index (χ1) is 13.1. The lowest BCUT2D eigenvalue weighted by Crippen LogP contribution is -2.48. The third-order valence-corrected chi connectivity index (χ3v) is 5.08. The topological polar surface area (TPSA) is 49.6 Å². The minimum Gasteiger partial charge on any atom is -0.465 e. The minimum absolute atomic E-state index is 0.0181. The number of piperazine rings is 1. The number of rotatable bonds is 3. The Morgan fingerprint density at radius 2 is 1.89 bits per heavy atom. The molecule has 0 radical (unpaired) electrons. The van der Waals surface area contributed by atoms with Crippen molar-refractivity contribution in [3.8, 4) is 0 Å². The molecule has 0 N–H and O–H groups in total. The number of hydrogen-bond donors (Lipinski definition) is 0. The summed E-state index contributed by atoms with van der Waals surface area (Å²) >= 11 is 0. The number of anilines is 1. The zero-order valence-corrected chi connectivity index (χ0v) is 15.7. The number of benzene rings is 1. The largest absolute Gasteiger partial charge is 0.465 e. The number of nitrogens with zero attached hydrogens (tertiary/aromatic N) is 3. The summed E-state index contributed by atoms with van der Waals surface area (Å²) in [5, 5.41) is 1.20. The lowest BCUT2D eigenvalue weighted by molar-refractivity contribution is -0.126. The molecule has 0 aliphatic carbocycles. The summed E-state index contributed by atoms with van der Waals surface area (Å²) in [5.74, 6) is 1.70. The van der Waals surface area contributed by atoms with E-state index in [4.69, 9.17) is 9.40 Å². The molecule has 0 unspecified atom stereocenters. The van der Waals surface area contributed by atoms with Crippen LogP contribution in [0.2, 0.25) is 0 Å². The van der Waals surface area contributed by atoms with E-state index in [1.54, 1.807) is 18.4 Å². The number of fused-ring (bicyclic) bond motifs is 1. The molecule has 0 bridgehead atoms. The Morgan fingerprint density at radius 3 is 2.63 bits per heavy atom. The second-order valence-electron chi connectivity index (χ2n) is 6.93. The number of hydrogen-bond acceptors (Lipinski definition) is 4. The highest BCUT2D eigenvalue weighted by Crippen LogP contribution is 2.25. The summed E-state index contributed by atoms with van der Waals surface area (Å²) in [7, 11) is 0. The Labute approximate surface area is 158 Å². The van der Waals surface area contributed by atoms with Crippen LogP contribution in [-0.2, 0) is 4.79 Å². The summed E-state index contributed by atoms with van der Waals surface area (Å²) in [4.78, 5) is 21.4. The van der Waals surface area contributed by atoms with Crippen LogP contribution >= 0.6 is 0 Å². The molecule has 1 aliphatic rings. The Balaban J connectivity index is 1.45. The van der Waals surface area contributed by atoms with Gasteiger partial charge in [-0.2, -0.15) is 0 Å². The molecule has 4 rings (SSSR count). The lowest BCUT2D eigenvalue weighted by atomic mass is 10.1. The van der Waals surface area contributed by atoms with Crippen molar-refractivity contribution < 1.29 is 9.21 Å². The quantitative estimate of drug-likeness (QED) is 0.666. The van der Waals surface area contributed by atoms with Crippen molar-refractivity contribution in [2.24, 2.45) is 0 Å². The molecule has 1 saturated heterocycles. The average Bonchev–Trinajstić information content (AvgIpc) is 3.20. The van der Waals surface area contributed by atoms with Crippen LogP contribution < -0.4 is 4.90 Å². The summed E-state index contributed by atoms with van der Waals surface area (Å²) < 4.78 is 5.23. The highest BCUT2D eigenvalue weighted by Gasteiger charge is 2.21. The van der Waals surface area contributed by atoms with E-state index in [1.165, 1.54) is 16.5 Å². The van der Waals surface area contributed by atoms with E-state index < -0.39 is 0 Å². The van der Waals surface area contributed by atoms with Gasteiger partial charge in [-0.25, -0.2) is 4.98 Å². The van der Waals surface area contributed by atoms with Gasteiger partial charge in [-0.3, -0.25) is 4.79 Å². The minimum atomic E-state index is 0.0181. The fraction of sp³-hybridized carbons (Fsp3) is 0.273. The van der Waals surface area contributed by atoms with Gasteiger partial charge in [0, 0.05) is 37.6 Å². The molecule has 1 aromatic carbocycles. The number of para-hydroxylation sites is 1. The second kappa shape index (κ2) is 7.27. The van der Waals surface area contributed by atoms with E-state index >= 15 is 0 Å². The molecule has 1 fully saturated rings. The number of carbonyl (C=O) groups is 1. The monoisotopic (exact) mass is 361 g/mol. The maximum Gasteiger partial charge on any atom is 0.246 e. The van der Waals surface area contributed by atoms with Crippen molar-refractivity contribution in [2.75, 3.05) is 31.1 Å². The number of aromatic nitrogens is 1. The third-order valence-electron chi connectivity index (χ3n) is 5.08. The number of aryl methyl sites for hydroxylation is 2. The first-order valence-electron chi connectivity index (χ1n) is 9.24. The molecular formula is C22H23N3O2. The highest BCUT2D eigenvalue weighted by atomic mass is 16.3. The van der Waals surface area contributed by atoms with E-state index in [1.807, 2.05) is 17.0 Å². The molecular weight excluding hydrogens is 338 g/mol. The Hall–Kier alpha value is -3.08. The normalized spacial score (nSPS) is 15.0. The van der Waals surface area contributed by atoms with Crippen LogP contribution in [-0.4, -0.2) is 42.0 Å². The van der Waals surface area contributed by atoms with Crippen molar-refractivity contribution in [3.63, 3.8) is 0 Å². The maximum atomic E-state index is 12.4. The van der Waals surface area contributed by atoms with Crippen LogP contribution in [0.5, 0.6) is 0 Å². The first-order valence-corrected chi connectivity index (χ1v) is 9.24. The number of amides is 1. The molecule has 27 heavy (non-hydrogen) atoms. The van der Waals surface area contributed by atoms with E-state index in [-0.39, 0.29) is 5.91 Å².